The maximum absolute atomic E-state index is 12.6. The lowest BCUT2D eigenvalue weighted by Gasteiger charge is -2.16. The van der Waals surface area contributed by atoms with E-state index < -0.39 is 18.0 Å². The van der Waals surface area contributed by atoms with Gasteiger partial charge in [-0.15, -0.1) is 0 Å². The monoisotopic (exact) mass is 340 g/mol. The van der Waals surface area contributed by atoms with Crippen LogP contribution in [0.2, 0.25) is 0 Å². The number of nitrogens with one attached hydrogen (secondary N) is 1. The molecule has 1 aromatic carbocycles. The molecule has 3 rings (SSSR count). The van der Waals surface area contributed by atoms with Crippen molar-refractivity contribution in [1.82, 2.24) is 5.16 Å². The summed E-state index contributed by atoms with van der Waals surface area (Å²) in [5.74, 6) is 0.127. The van der Waals surface area contributed by atoms with Gasteiger partial charge in [-0.25, -0.2) is 4.79 Å². The molecule has 0 aliphatic heterocycles. The van der Waals surface area contributed by atoms with Gasteiger partial charge < -0.3 is 19.0 Å². The Bertz CT molecular complexity index is 882. The second-order valence-electron chi connectivity index (χ2n) is 5.42. The van der Waals surface area contributed by atoms with Crippen LogP contribution in [-0.4, -0.2) is 17.0 Å². The largest absolute Gasteiger partial charge is 0.454 e. The molecule has 1 atom stereocenters. The zero-order valence-corrected chi connectivity index (χ0v) is 13.7. The van der Waals surface area contributed by atoms with Gasteiger partial charge in [0, 0.05) is 11.6 Å². The molecule has 0 unspecified atom stereocenters. The molecule has 2 aromatic heterocycles. The number of amides is 1. The molecule has 0 spiro atoms. The third-order valence-electron chi connectivity index (χ3n) is 3.39. The van der Waals surface area contributed by atoms with Crippen molar-refractivity contribution in [2.24, 2.45) is 0 Å². The molecule has 0 aliphatic carbocycles. The van der Waals surface area contributed by atoms with Gasteiger partial charge in [0.1, 0.15) is 11.5 Å². The van der Waals surface area contributed by atoms with E-state index in [9.17, 15) is 9.59 Å². The first-order valence-corrected chi connectivity index (χ1v) is 7.59. The average Bonchev–Trinajstić information content (AvgIpc) is 3.21. The quantitative estimate of drug-likeness (QED) is 0.715. The molecule has 0 saturated carbocycles. The summed E-state index contributed by atoms with van der Waals surface area (Å²) in [7, 11) is 0. The summed E-state index contributed by atoms with van der Waals surface area (Å²) < 4.78 is 15.5. The first-order chi connectivity index (χ1) is 12.0. The number of benzene rings is 1. The van der Waals surface area contributed by atoms with Crippen molar-refractivity contribution >= 4 is 17.7 Å². The van der Waals surface area contributed by atoms with Crippen LogP contribution in [0, 0.1) is 13.8 Å². The van der Waals surface area contributed by atoms with Crippen LogP contribution in [0.1, 0.15) is 33.7 Å². The molecule has 7 heteroatoms. The third kappa shape index (κ3) is 3.95. The summed E-state index contributed by atoms with van der Waals surface area (Å²) >= 11 is 0. The van der Waals surface area contributed by atoms with Crippen LogP contribution in [0.4, 0.5) is 5.82 Å². The summed E-state index contributed by atoms with van der Waals surface area (Å²) in [4.78, 5) is 24.9. The predicted octanol–water partition coefficient (Wildman–Crippen LogP) is 3.42. The van der Waals surface area contributed by atoms with Crippen LogP contribution < -0.4 is 5.32 Å². The first kappa shape index (κ1) is 16.5. The molecule has 0 aliphatic rings. The Balaban J connectivity index is 1.82. The van der Waals surface area contributed by atoms with Crippen LogP contribution in [0.3, 0.4) is 0 Å². The maximum Gasteiger partial charge on any atom is 0.375 e. The molecule has 0 saturated heterocycles. The Morgan fingerprint density at radius 3 is 2.44 bits per heavy atom. The number of aromatic nitrogens is 1. The Labute approximate surface area is 143 Å². The minimum atomic E-state index is -1.16. The van der Waals surface area contributed by atoms with Gasteiger partial charge in [0.05, 0.1) is 0 Å². The Kier molecular flexibility index (Phi) is 4.65. The van der Waals surface area contributed by atoms with Gasteiger partial charge in [-0.2, -0.15) is 0 Å². The van der Waals surface area contributed by atoms with Crippen molar-refractivity contribution in [1.29, 1.82) is 0 Å². The number of hydrogen-bond acceptors (Lipinski definition) is 6. The standard InChI is InChI=1S/C18H16N2O5/c1-11-8-9-14(23-11)18(22)24-16(13-6-4-3-5-7-13)17(21)19-15-10-12(2)25-20-15/h3-10,16H,1-2H3,(H,19,20,21)/t16-/m1/s1. The summed E-state index contributed by atoms with van der Waals surface area (Å²) in [6, 6.07) is 13.4. The van der Waals surface area contributed by atoms with Crippen LogP contribution in [0.5, 0.6) is 0 Å². The van der Waals surface area contributed by atoms with Crippen molar-refractivity contribution in [2.45, 2.75) is 20.0 Å². The molecule has 25 heavy (non-hydrogen) atoms. The second kappa shape index (κ2) is 7.04. The fourth-order valence-electron chi connectivity index (χ4n) is 2.23. The molecule has 0 radical (unpaired) electrons. The molecule has 7 nitrogen and oxygen atoms in total. The number of esters is 1. The van der Waals surface area contributed by atoms with E-state index in [0.29, 0.717) is 17.1 Å². The molecular weight excluding hydrogens is 324 g/mol. The topological polar surface area (TPSA) is 94.6 Å². The fourth-order valence-corrected chi connectivity index (χ4v) is 2.23. The SMILES string of the molecule is Cc1cc(NC(=O)[C@H](OC(=O)c2ccc(C)o2)c2ccccc2)no1. The molecule has 128 valence electrons. The van der Waals surface area contributed by atoms with Crippen molar-refractivity contribution < 1.29 is 23.3 Å². The smallest absolute Gasteiger partial charge is 0.375 e. The van der Waals surface area contributed by atoms with Crippen molar-refractivity contribution in [3.8, 4) is 0 Å². The molecule has 2 heterocycles. The van der Waals surface area contributed by atoms with Gasteiger partial charge in [-0.3, -0.25) is 4.79 Å². The maximum atomic E-state index is 12.6. The van der Waals surface area contributed by atoms with Gasteiger partial charge >= 0.3 is 5.97 Å². The second-order valence-corrected chi connectivity index (χ2v) is 5.42. The van der Waals surface area contributed by atoms with E-state index in [1.807, 2.05) is 0 Å². The number of rotatable bonds is 5. The molecule has 1 amide bonds. The lowest BCUT2D eigenvalue weighted by molar-refractivity contribution is -0.125. The summed E-state index contributed by atoms with van der Waals surface area (Å²) in [6.07, 6.45) is -1.16. The molecule has 3 aromatic rings. The Morgan fingerprint density at radius 1 is 1.08 bits per heavy atom. The van der Waals surface area contributed by atoms with Crippen molar-refractivity contribution in [3.63, 3.8) is 0 Å². The van der Waals surface area contributed by atoms with Crippen molar-refractivity contribution in [3.05, 3.63) is 71.4 Å². The van der Waals surface area contributed by atoms with Crippen LogP contribution in [0.25, 0.3) is 0 Å². The van der Waals surface area contributed by atoms with E-state index in [4.69, 9.17) is 13.7 Å². The Morgan fingerprint density at radius 2 is 1.84 bits per heavy atom. The zero-order valence-electron chi connectivity index (χ0n) is 13.7. The fraction of sp³-hybridized carbons (Fsp3) is 0.167. The number of furan rings is 1. The summed E-state index contributed by atoms with van der Waals surface area (Å²) in [5, 5.41) is 6.28. The predicted molar refractivity (Wildman–Crippen MR) is 87.9 cm³/mol. The normalized spacial score (nSPS) is 11.8. The number of hydrogen-bond donors (Lipinski definition) is 1. The average molecular weight is 340 g/mol. The highest BCUT2D eigenvalue weighted by Gasteiger charge is 2.27. The third-order valence-corrected chi connectivity index (χ3v) is 3.39. The number of carbonyl (C=O) groups is 2. The van der Waals surface area contributed by atoms with E-state index in [1.165, 1.54) is 6.07 Å². The summed E-state index contributed by atoms with van der Waals surface area (Å²) in [5.41, 5.74) is 0.525. The van der Waals surface area contributed by atoms with E-state index in [1.54, 1.807) is 56.3 Å². The number of nitrogens with zero attached hydrogens (tertiary/aromatic N) is 1. The van der Waals surface area contributed by atoms with Crippen LogP contribution >= 0.6 is 0 Å². The van der Waals surface area contributed by atoms with E-state index in [0.717, 1.165) is 0 Å². The molecule has 0 bridgehead atoms. The van der Waals surface area contributed by atoms with E-state index >= 15 is 0 Å². The minimum Gasteiger partial charge on any atom is -0.454 e. The van der Waals surface area contributed by atoms with Crippen LogP contribution in [0.15, 0.2) is 57.5 Å². The number of aryl methyl sites for hydroxylation is 2. The van der Waals surface area contributed by atoms with Crippen LogP contribution in [-0.2, 0) is 9.53 Å². The first-order valence-electron chi connectivity index (χ1n) is 7.59. The Hall–Kier alpha value is -3.35. The number of ether oxygens (including phenoxy) is 1. The van der Waals surface area contributed by atoms with Crippen molar-refractivity contribution in [2.75, 3.05) is 5.32 Å². The molecular formula is C18H16N2O5. The number of anilines is 1. The summed E-state index contributed by atoms with van der Waals surface area (Å²) in [6.45, 7) is 3.42. The van der Waals surface area contributed by atoms with Gasteiger partial charge in [0.15, 0.2) is 5.82 Å². The molecule has 1 N–H and O–H groups in total. The lowest BCUT2D eigenvalue weighted by Crippen LogP contribution is -2.26. The van der Waals surface area contributed by atoms with E-state index in [2.05, 4.69) is 10.5 Å². The highest BCUT2D eigenvalue weighted by atomic mass is 16.6. The van der Waals surface area contributed by atoms with Gasteiger partial charge in [-0.1, -0.05) is 35.5 Å². The van der Waals surface area contributed by atoms with E-state index in [-0.39, 0.29) is 11.6 Å². The van der Waals surface area contributed by atoms with Gasteiger partial charge in [-0.05, 0) is 26.0 Å². The number of carbonyl (C=O) groups excluding carboxylic acids is 2. The highest BCUT2D eigenvalue weighted by molar-refractivity contribution is 5.96. The lowest BCUT2D eigenvalue weighted by atomic mass is 10.1. The minimum absolute atomic E-state index is 0.0310. The van der Waals surface area contributed by atoms with Gasteiger partial charge in [0.2, 0.25) is 11.9 Å². The highest BCUT2D eigenvalue weighted by Crippen LogP contribution is 2.22. The van der Waals surface area contributed by atoms with Gasteiger partial charge in [0.25, 0.3) is 5.91 Å². The molecule has 0 fully saturated rings. The zero-order chi connectivity index (χ0) is 17.8.